The molecule has 0 spiro atoms. The first kappa shape index (κ1) is 18.7. The van der Waals surface area contributed by atoms with E-state index in [4.69, 9.17) is 0 Å². The van der Waals surface area contributed by atoms with Crippen molar-refractivity contribution in [1.29, 1.82) is 0 Å². The van der Waals surface area contributed by atoms with Gasteiger partial charge in [0.05, 0.1) is 5.92 Å². The van der Waals surface area contributed by atoms with Gasteiger partial charge in [-0.1, -0.05) is 13.3 Å². The first-order chi connectivity index (χ1) is 12.6. The van der Waals surface area contributed by atoms with Crippen molar-refractivity contribution in [3.05, 3.63) is 24.3 Å². The molecule has 6 nitrogen and oxygen atoms in total. The van der Waals surface area contributed by atoms with E-state index in [-0.39, 0.29) is 17.7 Å². The molecule has 1 unspecified atom stereocenters. The quantitative estimate of drug-likeness (QED) is 0.787. The summed E-state index contributed by atoms with van der Waals surface area (Å²) in [5, 5.41) is 2.95. The molecule has 2 aliphatic rings. The Morgan fingerprint density at radius 1 is 1.12 bits per heavy atom. The van der Waals surface area contributed by atoms with Crippen LogP contribution in [0.2, 0.25) is 0 Å². The Labute approximate surface area is 156 Å². The lowest BCUT2D eigenvalue weighted by Crippen LogP contribution is -2.44. The highest BCUT2D eigenvalue weighted by Gasteiger charge is 2.34. The fourth-order valence-electron chi connectivity index (χ4n) is 3.57. The second kappa shape index (κ2) is 8.54. The van der Waals surface area contributed by atoms with Crippen LogP contribution in [0.3, 0.4) is 0 Å². The van der Waals surface area contributed by atoms with Crippen molar-refractivity contribution in [3.8, 4) is 0 Å². The summed E-state index contributed by atoms with van der Waals surface area (Å²) in [6.07, 6.45) is 2.33. The van der Waals surface area contributed by atoms with Crippen LogP contribution in [0.15, 0.2) is 24.3 Å². The molecule has 0 aromatic heterocycles. The van der Waals surface area contributed by atoms with Gasteiger partial charge in [-0.2, -0.15) is 0 Å². The summed E-state index contributed by atoms with van der Waals surface area (Å²) >= 11 is 0. The second-order valence-electron chi connectivity index (χ2n) is 7.36. The van der Waals surface area contributed by atoms with E-state index in [0.29, 0.717) is 19.5 Å². The van der Waals surface area contributed by atoms with E-state index in [1.54, 1.807) is 4.90 Å². The number of carbonyl (C=O) groups excluding carboxylic acids is 2. The zero-order valence-corrected chi connectivity index (χ0v) is 15.9. The lowest BCUT2D eigenvalue weighted by molar-refractivity contribution is -0.126. The molecule has 2 fully saturated rings. The van der Waals surface area contributed by atoms with E-state index < -0.39 is 0 Å². The number of unbranched alkanes of at least 4 members (excludes halogenated alkanes) is 1. The number of benzene rings is 1. The highest BCUT2D eigenvalue weighted by atomic mass is 16.2. The first-order valence-electron chi connectivity index (χ1n) is 9.70. The normalized spacial score (nSPS) is 21.3. The molecule has 1 aromatic rings. The highest BCUT2D eigenvalue weighted by molar-refractivity contribution is 6.00. The molecule has 2 heterocycles. The van der Waals surface area contributed by atoms with Crippen LogP contribution in [0.1, 0.15) is 26.2 Å². The Morgan fingerprint density at radius 3 is 2.42 bits per heavy atom. The van der Waals surface area contributed by atoms with Crippen LogP contribution in [-0.2, 0) is 9.59 Å². The third kappa shape index (κ3) is 4.36. The molecule has 142 valence electrons. The van der Waals surface area contributed by atoms with Gasteiger partial charge >= 0.3 is 0 Å². The van der Waals surface area contributed by atoms with Crippen LogP contribution in [0, 0.1) is 5.92 Å². The van der Waals surface area contributed by atoms with Gasteiger partial charge in [-0.15, -0.1) is 0 Å². The number of likely N-dealkylation sites (N-methyl/N-ethyl adjacent to an activating group) is 1. The van der Waals surface area contributed by atoms with Gasteiger partial charge in [-0.05, 0) is 37.7 Å². The van der Waals surface area contributed by atoms with E-state index in [1.165, 1.54) is 5.69 Å². The largest absolute Gasteiger partial charge is 0.369 e. The molecule has 3 rings (SSSR count). The number of anilines is 2. The average molecular weight is 358 g/mol. The molecule has 26 heavy (non-hydrogen) atoms. The van der Waals surface area contributed by atoms with Crippen molar-refractivity contribution in [2.24, 2.45) is 5.92 Å². The van der Waals surface area contributed by atoms with E-state index in [1.807, 2.05) is 12.1 Å². The molecule has 6 heteroatoms. The Hall–Kier alpha value is -2.08. The van der Waals surface area contributed by atoms with E-state index >= 15 is 0 Å². The predicted molar refractivity (Wildman–Crippen MR) is 105 cm³/mol. The molecular weight excluding hydrogens is 328 g/mol. The van der Waals surface area contributed by atoms with Gasteiger partial charge in [-0.25, -0.2) is 0 Å². The molecule has 2 aliphatic heterocycles. The Kier molecular flexibility index (Phi) is 6.14. The minimum atomic E-state index is -0.239. The number of amides is 2. The molecule has 1 aromatic carbocycles. The van der Waals surface area contributed by atoms with Crippen LogP contribution in [0.5, 0.6) is 0 Å². The molecule has 0 bridgehead atoms. The average Bonchev–Trinajstić information content (AvgIpc) is 3.04. The number of hydrogen-bond acceptors (Lipinski definition) is 4. The molecule has 2 amide bonds. The van der Waals surface area contributed by atoms with Gasteiger partial charge in [0, 0.05) is 57.1 Å². The SMILES string of the molecule is CCCCNC(=O)C1CC(=O)N(c2ccc(N3CCN(C)CC3)cc2)C1. The zero-order chi connectivity index (χ0) is 18.5. The Morgan fingerprint density at radius 2 is 1.77 bits per heavy atom. The summed E-state index contributed by atoms with van der Waals surface area (Å²) in [6, 6.07) is 8.18. The lowest BCUT2D eigenvalue weighted by atomic mass is 10.1. The maximum atomic E-state index is 12.4. The summed E-state index contributed by atoms with van der Waals surface area (Å²) in [5.74, 6) is -0.201. The van der Waals surface area contributed by atoms with Gasteiger partial charge in [0.1, 0.15) is 0 Å². The van der Waals surface area contributed by atoms with Crippen molar-refractivity contribution in [2.45, 2.75) is 26.2 Å². The number of rotatable bonds is 6. The van der Waals surface area contributed by atoms with Gasteiger partial charge in [0.15, 0.2) is 0 Å². The maximum absolute atomic E-state index is 12.4. The van der Waals surface area contributed by atoms with E-state index in [9.17, 15) is 9.59 Å². The minimum Gasteiger partial charge on any atom is -0.369 e. The second-order valence-corrected chi connectivity index (χ2v) is 7.36. The predicted octanol–water partition coefficient (Wildman–Crippen LogP) is 1.71. The van der Waals surface area contributed by atoms with Crippen LogP contribution >= 0.6 is 0 Å². The van der Waals surface area contributed by atoms with E-state index in [0.717, 1.165) is 44.7 Å². The number of nitrogens with one attached hydrogen (secondary N) is 1. The first-order valence-corrected chi connectivity index (χ1v) is 9.70. The third-order valence-electron chi connectivity index (χ3n) is 5.36. The number of nitrogens with zero attached hydrogens (tertiary/aromatic N) is 3. The van der Waals surface area contributed by atoms with Crippen molar-refractivity contribution < 1.29 is 9.59 Å². The van der Waals surface area contributed by atoms with Crippen LogP contribution in [0.25, 0.3) is 0 Å². The highest BCUT2D eigenvalue weighted by Crippen LogP contribution is 2.27. The Bertz CT molecular complexity index is 623. The fraction of sp³-hybridized carbons (Fsp3) is 0.600. The maximum Gasteiger partial charge on any atom is 0.227 e. The van der Waals surface area contributed by atoms with Crippen molar-refractivity contribution in [1.82, 2.24) is 10.2 Å². The minimum absolute atomic E-state index is 0.00311. The van der Waals surface area contributed by atoms with Gasteiger partial charge in [-0.3, -0.25) is 9.59 Å². The number of piperazine rings is 1. The summed E-state index contributed by atoms with van der Waals surface area (Å²) in [6.45, 7) is 7.46. The topological polar surface area (TPSA) is 55.9 Å². The van der Waals surface area contributed by atoms with Gasteiger partial charge in [0.25, 0.3) is 0 Å². The smallest absolute Gasteiger partial charge is 0.227 e. The molecule has 1 N–H and O–H groups in total. The fourth-order valence-corrected chi connectivity index (χ4v) is 3.57. The molecule has 0 saturated carbocycles. The molecule has 1 atom stereocenters. The van der Waals surface area contributed by atoms with E-state index in [2.05, 4.69) is 41.2 Å². The van der Waals surface area contributed by atoms with Gasteiger partial charge < -0.3 is 20.0 Å². The van der Waals surface area contributed by atoms with Gasteiger partial charge in [0.2, 0.25) is 11.8 Å². The Balaban J connectivity index is 1.58. The third-order valence-corrected chi connectivity index (χ3v) is 5.36. The summed E-state index contributed by atoms with van der Waals surface area (Å²) in [7, 11) is 2.15. The standard InChI is InChI=1S/C20H30N4O2/c1-3-4-9-21-20(26)16-14-19(25)24(15-16)18-7-5-17(6-8-18)23-12-10-22(2)11-13-23/h5-8,16H,3-4,9-15H2,1-2H3,(H,21,26). The monoisotopic (exact) mass is 358 g/mol. The van der Waals surface area contributed by atoms with Crippen LogP contribution < -0.4 is 15.1 Å². The molecule has 2 saturated heterocycles. The molecule has 0 radical (unpaired) electrons. The number of carbonyl (C=O) groups is 2. The number of hydrogen-bond donors (Lipinski definition) is 1. The van der Waals surface area contributed by atoms with Crippen LogP contribution in [0.4, 0.5) is 11.4 Å². The van der Waals surface area contributed by atoms with Crippen molar-refractivity contribution in [3.63, 3.8) is 0 Å². The lowest BCUT2D eigenvalue weighted by Gasteiger charge is -2.34. The molecule has 0 aliphatic carbocycles. The zero-order valence-electron chi connectivity index (χ0n) is 15.9. The molecular formula is C20H30N4O2. The van der Waals surface area contributed by atoms with Crippen molar-refractivity contribution >= 4 is 23.2 Å². The summed E-state index contributed by atoms with van der Waals surface area (Å²) < 4.78 is 0. The van der Waals surface area contributed by atoms with Crippen molar-refractivity contribution in [2.75, 3.05) is 56.1 Å². The summed E-state index contributed by atoms with van der Waals surface area (Å²) in [4.78, 5) is 31.1. The summed E-state index contributed by atoms with van der Waals surface area (Å²) in [5.41, 5.74) is 2.08. The van der Waals surface area contributed by atoms with Crippen LogP contribution in [-0.4, -0.2) is 63.0 Å².